The van der Waals surface area contributed by atoms with Gasteiger partial charge in [-0.1, -0.05) is 48.5 Å². The first-order valence-corrected chi connectivity index (χ1v) is 11.6. The van der Waals surface area contributed by atoms with Crippen LogP contribution in [0.1, 0.15) is 28.4 Å². The molecular formula is C24H24N2O3S. The number of rotatable bonds is 5. The highest BCUT2D eigenvalue weighted by Gasteiger charge is 2.25. The lowest BCUT2D eigenvalue weighted by Gasteiger charge is -2.28. The minimum atomic E-state index is -3.22. The molecule has 1 aliphatic heterocycles. The maximum absolute atomic E-state index is 12.7. The minimum absolute atomic E-state index is 0.0950. The van der Waals surface area contributed by atoms with Gasteiger partial charge < -0.3 is 5.32 Å². The van der Waals surface area contributed by atoms with Crippen LogP contribution in [-0.4, -0.2) is 30.9 Å². The molecule has 0 unspecified atom stereocenters. The molecule has 0 aromatic heterocycles. The molecule has 4 rings (SSSR count). The standard InChI is InChI=1S/C24H24N2O3S/c1-2-30(28,29)26-15-14-20-12-13-23(16-22(20)17-26)25-24(27)21-10-8-19(9-11-21)18-6-4-3-5-7-18/h3-13,16H,2,14-15,17H2,1H3,(H,25,27). The number of hydrogen-bond acceptors (Lipinski definition) is 3. The van der Waals surface area contributed by atoms with E-state index in [9.17, 15) is 13.2 Å². The molecule has 1 aliphatic rings. The summed E-state index contributed by atoms with van der Waals surface area (Å²) in [5.74, 6) is -0.0963. The third-order valence-electron chi connectivity index (χ3n) is 5.45. The number of nitrogens with one attached hydrogen (secondary N) is 1. The molecule has 0 spiro atoms. The van der Waals surface area contributed by atoms with E-state index in [4.69, 9.17) is 0 Å². The van der Waals surface area contributed by atoms with Gasteiger partial charge in [0.1, 0.15) is 0 Å². The van der Waals surface area contributed by atoms with Gasteiger partial charge in [-0.2, -0.15) is 4.31 Å². The highest BCUT2D eigenvalue weighted by atomic mass is 32.2. The topological polar surface area (TPSA) is 66.5 Å². The molecule has 30 heavy (non-hydrogen) atoms. The van der Waals surface area contributed by atoms with E-state index < -0.39 is 10.0 Å². The average molecular weight is 421 g/mol. The number of carbonyl (C=O) groups is 1. The fourth-order valence-electron chi connectivity index (χ4n) is 3.68. The smallest absolute Gasteiger partial charge is 0.255 e. The number of sulfonamides is 1. The molecule has 5 nitrogen and oxygen atoms in total. The van der Waals surface area contributed by atoms with Crippen molar-refractivity contribution in [3.05, 3.63) is 89.5 Å². The molecule has 0 radical (unpaired) electrons. The van der Waals surface area contributed by atoms with Crippen LogP contribution in [-0.2, 0) is 23.0 Å². The van der Waals surface area contributed by atoms with Crippen LogP contribution in [0.3, 0.4) is 0 Å². The Kier molecular flexibility index (Phi) is 5.70. The maximum Gasteiger partial charge on any atom is 0.255 e. The molecule has 0 fully saturated rings. The zero-order valence-electron chi connectivity index (χ0n) is 16.8. The SMILES string of the molecule is CCS(=O)(=O)N1CCc2ccc(NC(=O)c3ccc(-c4ccccc4)cc3)cc2C1. The van der Waals surface area contributed by atoms with Gasteiger partial charge in [-0.05, 0) is 59.9 Å². The lowest BCUT2D eigenvalue weighted by atomic mass is 10.0. The van der Waals surface area contributed by atoms with E-state index in [2.05, 4.69) is 5.32 Å². The van der Waals surface area contributed by atoms with Gasteiger partial charge in [0.25, 0.3) is 5.91 Å². The van der Waals surface area contributed by atoms with E-state index >= 15 is 0 Å². The maximum atomic E-state index is 12.7. The predicted molar refractivity (Wildman–Crippen MR) is 120 cm³/mol. The van der Waals surface area contributed by atoms with Gasteiger partial charge in [0.2, 0.25) is 10.0 Å². The van der Waals surface area contributed by atoms with Gasteiger partial charge in [-0.25, -0.2) is 8.42 Å². The number of fused-ring (bicyclic) bond motifs is 1. The second-order valence-electron chi connectivity index (χ2n) is 7.37. The minimum Gasteiger partial charge on any atom is -0.322 e. The van der Waals surface area contributed by atoms with E-state index in [-0.39, 0.29) is 11.7 Å². The van der Waals surface area contributed by atoms with Crippen LogP contribution in [0.5, 0.6) is 0 Å². The zero-order valence-corrected chi connectivity index (χ0v) is 17.7. The first kappa shape index (κ1) is 20.3. The first-order valence-electron chi connectivity index (χ1n) is 10.0. The Labute approximate surface area is 177 Å². The average Bonchev–Trinajstić information content (AvgIpc) is 2.79. The molecular weight excluding hydrogens is 396 g/mol. The van der Waals surface area contributed by atoms with E-state index in [1.165, 1.54) is 4.31 Å². The number of anilines is 1. The summed E-state index contributed by atoms with van der Waals surface area (Å²) in [6.45, 7) is 2.51. The Morgan fingerprint density at radius 3 is 2.33 bits per heavy atom. The summed E-state index contributed by atoms with van der Waals surface area (Å²) in [5, 5.41) is 2.93. The van der Waals surface area contributed by atoms with Crippen molar-refractivity contribution in [1.82, 2.24) is 4.31 Å². The lowest BCUT2D eigenvalue weighted by Crippen LogP contribution is -2.36. The summed E-state index contributed by atoms with van der Waals surface area (Å²) in [6.07, 6.45) is 0.684. The van der Waals surface area contributed by atoms with Gasteiger partial charge in [-0.15, -0.1) is 0 Å². The quantitative estimate of drug-likeness (QED) is 0.669. The molecule has 0 saturated carbocycles. The molecule has 0 bridgehead atoms. The third kappa shape index (κ3) is 4.30. The van der Waals surface area contributed by atoms with Crippen LogP contribution in [0.25, 0.3) is 11.1 Å². The Balaban J connectivity index is 1.48. The molecule has 0 saturated heterocycles. The molecule has 0 atom stereocenters. The van der Waals surface area contributed by atoms with Gasteiger partial charge in [0.15, 0.2) is 0 Å². The fraction of sp³-hybridized carbons (Fsp3) is 0.208. The highest BCUT2D eigenvalue weighted by Crippen LogP contribution is 2.25. The summed E-state index contributed by atoms with van der Waals surface area (Å²) in [5.41, 5.74) is 5.46. The van der Waals surface area contributed by atoms with E-state index in [1.54, 1.807) is 6.92 Å². The van der Waals surface area contributed by atoms with Gasteiger partial charge in [0.05, 0.1) is 5.75 Å². The molecule has 3 aromatic rings. The van der Waals surface area contributed by atoms with Crippen molar-refractivity contribution in [1.29, 1.82) is 0 Å². The zero-order chi connectivity index (χ0) is 21.1. The predicted octanol–water partition coefficient (Wildman–Crippen LogP) is 4.31. The number of amides is 1. The summed E-state index contributed by atoms with van der Waals surface area (Å²) < 4.78 is 25.9. The Morgan fingerprint density at radius 1 is 0.933 bits per heavy atom. The van der Waals surface area contributed by atoms with Crippen LogP contribution < -0.4 is 5.32 Å². The number of hydrogen-bond donors (Lipinski definition) is 1. The van der Waals surface area contributed by atoms with Crippen LogP contribution in [0.15, 0.2) is 72.8 Å². The molecule has 0 aliphatic carbocycles. The number of benzene rings is 3. The van der Waals surface area contributed by atoms with Crippen molar-refractivity contribution in [3.63, 3.8) is 0 Å². The van der Waals surface area contributed by atoms with Gasteiger partial charge in [0, 0.05) is 24.3 Å². The van der Waals surface area contributed by atoms with Crippen LogP contribution in [0.2, 0.25) is 0 Å². The summed E-state index contributed by atoms with van der Waals surface area (Å²) in [6, 6.07) is 23.2. The molecule has 6 heteroatoms. The summed E-state index contributed by atoms with van der Waals surface area (Å²) in [4.78, 5) is 12.7. The molecule has 1 heterocycles. The summed E-state index contributed by atoms with van der Waals surface area (Å²) in [7, 11) is -3.22. The highest BCUT2D eigenvalue weighted by molar-refractivity contribution is 7.89. The number of carbonyl (C=O) groups excluding carboxylic acids is 1. The Hall–Kier alpha value is -2.96. The molecule has 3 aromatic carbocycles. The van der Waals surface area contributed by atoms with E-state index in [0.29, 0.717) is 30.8 Å². The second kappa shape index (κ2) is 8.42. The first-order chi connectivity index (χ1) is 14.5. The summed E-state index contributed by atoms with van der Waals surface area (Å²) >= 11 is 0. The molecule has 154 valence electrons. The van der Waals surface area contributed by atoms with Crippen LogP contribution >= 0.6 is 0 Å². The molecule has 1 amide bonds. The van der Waals surface area contributed by atoms with Crippen molar-refractivity contribution >= 4 is 21.6 Å². The monoisotopic (exact) mass is 420 g/mol. The van der Waals surface area contributed by atoms with E-state index in [0.717, 1.165) is 22.3 Å². The van der Waals surface area contributed by atoms with Crippen molar-refractivity contribution in [3.8, 4) is 11.1 Å². The Bertz CT molecular complexity index is 1160. The van der Waals surface area contributed by atoms with Crippen LogP contribution in [0.4, 0.5) is 5.69 Å². The van der Waals surface area contributed by atoms with Crippen molar-refractivity contribution in [2.24, 2.45) is 0 Å². The normalized spacial score (nSPS) is 14.2. The Morgan fingerprint density at radius 2 is 1.63 bits per heavy atom. The van der Waals surface area contributed by atoms with Crippen molar-refractivity contribution in [2.45, 2.75) is 19.9 Å². The second-order valence-corrected chi connectivity index (χ2v) is 9.62. The van der Waals surface area contributed by atoms with Crippen molar-refractivity contribution in [2.75, 3.05) is 17.6 Å². The largest absolute Gasteiger partial charge is 0.322 e. The van der Waals surface area contributed by atoms with E-state index in [1.807, 2.05) is 72.8 Å². The van der Waals surface area contributed by atoms with Gasteiger partial charge >= 0.3 is 0 Å². The third-order valence-corrected chi connectivity index (χ3v) is 7.28. The molecule has 1 N–H and O–H groups in total. The van der Waals surface area contributed by atoms with Crippen molar-refractivity contribution < 1.29 is 13.2 Å². The lowest BCUT2D eigenvalue weighted by molar-refractivity contribution is 0.102. The van der Waals surface area contributed by atoms with Crippen LogP contribution in [0, 0.1) is 0 Å². The number of nitrogens with zero attached hydrogens (tertiary/aromatic N) is 1. The fourth-order valence-corrected chi connectivity index (χ4v) is 4.75. The van der Waals surface area contributed by atoms with Gasteiger partial charge in [-0.3, -0.25) is 4.79 Å².